The summed E-state index contributed by atoms with van der Waals surface area (Å²) in [6.07, 6.45) is 0. The van der Waals surface area contributed by atoms with E-state index in [0.717, 1.165) is 15.6 Å². The highest BCUT2D eigenvalue weighted by atomic mass is 32.2. The van der Waals surface area contributed by atoms with Crippen LogP contribution >= 0.6 is 34.4 Å². The van der Waals surface area contributed by atoms with Crippen LogP contribution < -0.4 is 10.9 Å². The van der Waals surface area contributed by atoms with E-state index in [-0.39, 0.29) is 17.6 Å². The minimum absolute atomic E-state index is 0.186. The molecule has 0 aliphatic rings. The Labute approximate surface area is 157 Å². The van der Waals surface area contributed by atoms with E-state index in [9.17, 15) is 9.59 Å². The highest BCUT2D eigenvalue weighted by molar-refractivity contribution is 8.01. The summed E-state index contributed by atoms with van der Waals surface area (Å²) in [5.74, 6) is -0.405. The van der Waals surface area contributed by atoms with Gasteiger partial charge in [0.15, 0.2) is 4.34 Å². The maximum Gasteiger partial charge on any atom is 0.279 e. The maximum atomic E-state index is 11.8. The summed E-state index contributed by atoms with van der Waals surface area (Å²) < 4.78 is 0.815. The molecule has 1 aromatic carbocycles. The van der Waals surface area contributed by atoms with Crippen molar-refractivity contribution in [1.82, 2.24) is 15.8 Å². The number of hydrogen-bond donors (Lipinski definition) is 2. The molecule has 2 amide bonds. The Bertz CT molecular complexity index is 858. The summed E-state index contributed by atoms with van der Waals surface area (Å²) in [7, 11) is 0. The van der Waals surface area contributed by atoms with Crippen molar-refractivity contribution in [3.63, 3.8) is 0 Å². The van der Waals surface area contributed by atoms with E-state index < -0.39 is 0 Å². The molecule has 128 valence electrons. The summed E-state index contributed by atoms with van der Waals surface area (Å²) in [5.41, 5.74) is 7.97. The fourth-order valence-electron chi connectivity index (χ4n) is 1.94. The molecule has 3 rings (SSSR count). The molecule has 5 nitrogen and oxygen atoms in total. The smallest absolute Gasteiger partial charge is 0.272 e. The molecule has 25 heavy (non-hydrogen) atoms. The first-order valence-corrected chi connectivity index (χ1v) is 10.1. The lowest BCUT2D eigenvalue weighted by atomic mass is 10.1. The standard InChI is InChI=1S/C17H15N3O2S3/c1-11-4-6-12(7-5-11)13-9-24-17(18-13)25-10-15(21)19-20-16(22)14-3-2-8-23-14/h2-9H,10H2,1H3,(H,19,21)(H,20,22). The monoisotopic (exact) mass is 389 g/mol. The number of aromatic nitrogens is 1. The number of thioether (sulfide) groups is 1. The Kier molecular flexibility index (Phi) is 5.85. The molecule has 0 unspecified atom stereocenters. The van der Waals surface area contributed by atoms with Crippen LogP contribution in [0.25, 0.3) is 11.3 Å². The second kappa shape index (κ2) is 8.28. The molecule has 0 aliphatic heterocycles. The van der Waals surface area contributed by atoms with Crippen molar-refractivity contribution >= 4 is 46.2 Å². The van der Waals surface area contributed by atoms with Gasteiger partial charge in [0, 0.05) is 10.9 Å². The van der Waals surface area contributed by atoms with Crippen LogP contribution in [0.4, 0.5) is 0 Å². The zero-order valence-corrected chi connectivity index (χ0v) is 15.8. The van der Waals surface area contributed by atoms with Gasteiger partial charge in [-0.1, -0.05) is 47.7 Å². The first kappa shape index (κ1) is 17.7. The Morgan fingerprint density at radius 3 is 2.64 bits per heavy atom. The molecule has 0 fully saturated rings. The van der Waals surface area contributed by atoms with E-state index in [0.29, 0.717) is 4.88 Å². The summed E-state index contributed by atoms with van der Waals surface area (Å²) in [6.45, 7) is 2.04. The fraction of sp³-hybridized carbons (Fsp3) is 0.118. The van der Waals surface area contributed by atoms with Crippen LogP contribution in [0.3, 0.4) is 0 Å². The van der Waals surface area contributed by atoms with Crippen molar-refractivity contribution in [3.05, 3.63) is 57.6 Å². The zero-order chi connectivity index (χ0) is 17.6. The van der Waals surface area contributed by atoms with Crippen molar-refractivity contribution in [3.8, 4) is 11.3 Å². The van der Waals surface area contributed by atoms with Gasteiger partial charge in [-0.25, -0.2) is 4.98 Å². The summed E-state index contributed by atoms with van der Waals surface area (Å²) >= 11 is 4.16. The van der Waals surface area contributed by atoms with Crippen LogP contribution in [0.5, 0.6) is 0 Å². The third kappa shape index (κ3) is 4.91. The zero-order valence-electron chi connectivity index (χ0n) is 13.3. The Hall–Kier alpha value is -2.16. The number of thiophene rings is 1. The van der Waals surface area contributed by atoms with Gasteiger partial charge in [0.2, 0.25) is 5.91 Å². The Morgan fingerprint density at radius 2 is 1.92 bits per heavy atom. The fourth-order valence-corrected chi connectivity index (χ4v) is 4.19. The first-order valence-electron chi connectivity index (χ1n) is 7.40. The molecule has 0 saturated carbocycles. The van der Waals surface area contributed by atoms with Gasteiger partial charge in [-0.15, -0.1) is 22.7 Å². The average Bonchev–Trinajstić information content (AvgIpc) is 3.30. The lowest BCUT2D eigenvalue weighted by molar-refractivity contribution is -0.119. The molecular weight excluding hydrogens is 374 g/mol. The van der Waals surface area contributed by atoms with E-state index in [4.69, 9.17) is 0 Å². The van der Waals surface area contributed by atoms with Crippen molar-refractivity contribution in [2.24, 2.45) is 0 Å². The van der Waals surface area contributed by atoms with Crippen molar-refractivity contribution in [2.45, 2.75) is 11.3 Å². The van der Waals surface area contributed by atoms with Gasteiger partial charge in [-0.05, 0) is 18.4 Å². The van der Waals surface area contributed by atoms with Crippen molar-refractivity contribution in [1.29, 1.82) is 0 Å². The van der Waals surface area contributed by atoms with E-state index in [1.165, 1.54) is 40.0 Å². The third-order valence-corrected chi connectivity index (χ3v) is 6.11. The SMILES string of the molecule is Cc1ccc(-c2csc(SCC(=O)NNC(=O)c3cccs3)n2)cc1. The summed E-state index contributed by atoms with van der Waals surface area (Å²) in [6, 6.07) is 11.6. The number of carbonyl (C=O) groups excluding carboxylic acids is 2. The number of amides is 2. The number of benzene rings is 1. The number of nitrogens with one attached hydrogen (secondary N) is 2. The van der Waals surface area contributed by atoms with E-state index >= 15 is 0 Å². The second-order valence-corrected chi connectivity index (χ2v) is 8.16. The Balaban J connectivity index is 1.48. The van der Waals surface area contributed by atoms with Crippen LogP contribution in [0.1, 0.15) is 15.2 Å². The third-order valence-electron chi connectivity index (χ3n) is 3.22. The lowest BCUT2D eigenvalue weighted by Gasteiger charge is -2.05. The molecule has 2 heterocycles. The Morgan fingerprint density at radius 1 is 1.12 bits per heavy atom. The minimum atomic E-state index is -0.316. The summed E-state index contributed by atoms with van der Waals surface area (Å²) in [5, 5.41) is 3.78. The minimum Gasteiger partial charge on any atom is -0.272 e. The predicted octanol–water partition coefficient (Wildman–Crippen LogP) is 3.73. The number of hydrogen-bond acceptors (Lipinski definition) is 6. The van der Waals surface area contributed by atoms with E-state index in [2.05, 4.69) is 15.8 Å². The lowest BCUT2D eigenvalue weighted by Crippen LogP contribution is -2.42. The van der Waals surface area contributed by atoms with Gasteiger partial charge in [0.25, 0.3) is 5.91 Å². The van der Waals surface area contributed by atoms with Gasteiger partial charge < -0.3 is 0 Å². The summed E-state index contributed by atoms with van der Waals surface area (Å²) in [4.78, 5) is 28.7. The number of hydrazine groups is 1. The van der Waals surface area contributed by atoms with E-state index in [1.807, 2.05) is 36.6 Å². The molecule has 2 N–H and O–H groups in total. The normalized spacial score (nSPS) is 10.4. The topological polar surface area (TPSA) is 71.1 Å². The van der Waals surface area contributed by atoms with Gasteiger partial charge >= 0.3 is 0 Å². The maximum absolute atomic E-state index is 11.8. The molecule has 0 aliphatic carbocycles. The number of carbonyl (C=O) groups is 2. The van der Waals surface area contributed by atoms with Crippen molar-refractivity contribution in [2.75, 3.05) is 5.75 Å². The second-order valence-electron chi connectivity index (χ2n) is 5.13. The molecule has 0 radical (unpaired) electrons. The van der Waals surface area contributed by atoms with E-state index in [1.54, 1.807) is 17.5 Å². The molecule has 0 spiro atoms. The number of nitrogens with zero attached hydrogens (tertiary/aromatic N) is 1. The van der Waals surface area contributed by atoms with Crippen LogP contribution in [0, 0.1) is 6.92 Å². The number of thiazole rings is 1. The van der Waals surface area contributed by atoms with Crippen LogP contribution in [0.15, 0.2) is 51.5 Å². The van der Waals surface area contributed by atoms with Gasteiger partial charge in [-0.3, -0.25) is 20.4 Å². The predicted molar refractivity (Wildman–Crippen MR) is 103 cm³/mol. The first-order chi connectivity index (χ1) is 12.1. The van der Waals surface area contributed by atoms with Crippen molar-refractivity contribution < 1.29 is 9.59 Å². The molecule has 2 aromatic heterocycles. The quantitative estimate of drug-likeness (QED) is 0.515. The molecule has 0 bridgehead atoms. The van der Waals surface area contributed by atoms with Crippen LogP contribution in [-0.2, 0) is 4.79 Å². The molecule has 0 atom stereocenters. The molecule has 8 heteroatoms. The average molecular weight is 390 g/mol. The number of rotatable bonds is 5. The number of aryl methyl sites for hydroxylation is 1. The largest absolute Gasteiger partial charge is 0.279 e. The highest BCUT2D eigenvalue weighted by Crippen LogP contribution is 2.28. The van der Waals surface area contributed by atoms with Crippen LogP contribution in [0.2, 0.25) is 0 Å². The highest BCUT2D eigenvalue weighted by Gasteiger charge is 2.10. The molecule has 3 aromatic rings. The van der Waals surface area contributed by atoms with Gasteiger partial charge in [-0.2, -0.15) is 0 Å². The molecule has 0 saturated heterocycles. The van der Waals surface area contributed by atoms with Gasteiger partial charge in [0.1, 0.15) is 0 Å². The van der Waals surface area contributed by atoms with Gasteiger partial charge in [0.05, 0.1) is 16.3 Å². The molecular formula is C17H15N3O2S3. The van der Waals surface area contributed by atoms with Crippen LogP contribution in [-0.4, -0.2) is 22.6 Å².